The van der Waals surface area contributed by atoms with E-state index in [1.807, 2.05) is 36.4 Å². The van der Waals surface area contributed by atoms with Crippen LogP contribution in [0.4, 0.5) is 0 Å². The highest BCUT2D eigenvalue weighted by atomic mass is 16.5. The van der Waals surface area contributed by atoms with Gasteiger partial charge in [-0.05, 0) is 29.8 Å². The highest BCUT2D eigenvalue weighted by molar-refractivity contribution is 5.31. The third-order valence-electron chi connectivity index (χ3n) is 1.98. The molecule has 2 rings (SSSR count). The molecule has 0 spiro atoms. The molecule has 3 nitrogen and oxygen atoms in total. The Balaban J connectivity index is 2.11. The number of nitrogens with zero attached hydrogens (tertiary/aromatic N) is 1. The number of aromatic nitrogens is 1. The Morgan fingerprint density at radius 2 is 1.87 bits per heavy atom. The molecule has 0 fully saturated rings. The van der Waals surface area contributed by atoms with Gasteiger partial charge in [-0.1, -0.05) is 12.1 Å². The van der Waals surface area contributed by atoms with Crippen LogP contribution in [0, 0.1) is 0 Å². The average Bonchev–Trinajstić information content (AvgIpc) is 2.31. The summed E-state index contributed by atoms with van der Waals surface area (Å²) in [6.45, 7) is 0.0488. The minimum Gasteiger partial charge on any atom is -0.456 e. The number of hydrogen-bond acceptors (Lipinski definition) is 3. The van der Waals surface area contributed by atoms with Crippen molar-refractivity contribution in [3.63, 3.8) is 0 Å². The quantitative estimate of drug-likeness (QED) is 0.828. The van der Waals surface area contributed by atoms with Crippen LogP contribution in [0.1, 0.15) is 5.56 Å². The summed E-state index contributed by atoms with van der Waals surface area (Å²) >= 11 is 0. The van der Waals surface area contributed by atoms with Gasteiger partial charge >= 0.3 is 0 Å². The van der Waals surface area contributed by atoms with Gasteiger partial charge in [-0.2, -0.15) is 0 Å². The molecule has 1 heterocycles. The van der Waals surface area contributed by atoms with E-state index in [2.05, 4.69) is 4.98 Å². The number of aliphatic hydroxyl groups is 1. The molecular weight excluding hydrogens is 190 g/mol. The average molecular weight is 201 g/mol. The minimum atomic E-state index is 0.0488. The third-order valence-corrected chi connectivity index (χ3v) is 1.98. The van der Waals surface area contributed by atoms with Crippen molar-refractivity contribution in [3.8, 4) is 11.5 Å². The van der Waals surface area contributed by atoms with Gasteiger partial charge in [0.1, 0.15) is 11.5 Å². The summed E-state index contributed by atoms with van der Waals surface area (Å²) in [4.78, 5) is 3.95. The van der Waals surface area contributed by atoms with E-state index in [1.165, 1.54) is 0 Å². The van der Waals surface area contributed by atoms with E-state index >= 15 is 0 Å². The molecule has 0 amide bonds. The lowest BCUT2D eigenvalue weighted by atomic mass is 10.2. The zero-order valence-corrected chi connectivity index (χ0v) is 8.13. The van der Waals surface area contributed by atoms with E-state index in [1.54, 1.807) is 12.4 Å². The summed E-state index contributed by atoms with van der Waals surface area (Å²) in [6, 6.07) is 10.9. The van der Waals surface area contributed by atoms with Gasteiger partial charge in [0.2, 0.25) is 0 Å². The number of rotatable bonds is 3. The highest BCUT2D eigenvalue weighted by Crippen LogP contribution is 2.20. The van der Waals surface area contributed by atoms with Crippen molar-refractivity contribution in [2.45, 2.75) is 6.61 Å². The predicted octanol–water partition coefficient (Wildman–Crippen LogP) is 2.37. The maximum atomic E-state index is 8.87. The largest absolute Gasteiger partial charge is 0.456 e. The monoisotopic (exact) mass is 201 g/mol. The molecule has 0 bridgehead atoms. The maximum Gasteiger partial charge on any atom is 0.145 e. The van der Waals surface area contributed by atoms with Crippen LogP contribution in [0.3, 0.4) is 0 Å². The van der Waals surface area contributed by atoms with Crippen molar-refractivity contribution in [3.05, 3.63) is 54.4 Å². The molecule has 0 saturated carbocycles. The minimum absolute atomic E-state index is 0.0488. The van der Waals surface area contributed by atoms with Gasteiger partial charge in [0.15, 0.2) is 0 Å². The van der Waals surface area contributed by atoms with E-state index in [0.717, 1.165) is 11.3 Å². The van der Waals surface area contributed by atoms with E-state index < -0.39 is 0 Å². The molecule has 1 aromatic carbocycles. The Hall–Kier alpha value is -1.87. The fourth-order valence-corrected chi connectivity index (χ4v) is 1.21. The van der Waals surface area contributed by atoms with Gasteiger partial charge in [0.05, 0.1) is 12.8 Å². The Morgan fingerprint density at radius 3 is 2.47 bits per heavy atom. The molecule has 15 heavy (non-hydrogen) atoms. The van der Waals surface area contributed by atoms with E-state index in [9.17, 15) is 0 Å². The lowest BCUT2D eigenvalue weighted by Gasteiger charge is -2.04. The number of pyridine rings is 1. The van der Waals surface area contributed by atoms with Crippen LogP contribution >= 0.6 is 0 Å². The van der Waals surface area contributed by atoms with E-state index in [0.29, 0.717) is 5.75 Å². The topological polar surface area (TPSA) is 42.4 Å². The standard InChI is InChI=1S/C12H11NO2/c14-9-10-3-5-11(6-4-10)15-12-2-1-7-13-8-12/h1-8,14H,9H2. The summed E-state index contributed by atoms with van der Waals surface area (Å²) < 4.78 is 5.53. The van der Waals surface area contributed by atoms with Gasteiger partial charge < -0.3 is 9.84 Å². The van der Waals surface area contributed by atoms with Crippen LogP contribution in [0.5, 0.6) is 11.5 Å². The molecule has 3 heteroatoms. The molecule has 76 valence electrons. The number of ether oxygens (including phenoxy) is 1. The molecule has 2 aromatic rings. The van der Waals surface area contributed by atoms with Gasteiger partial charge in [0.25, 0.3) is 0 Å². The summed E-state index contributed by atoms with van der Waals surface area (Å²) in [6.07, 6.45) is 3.35. The van der Waals surface area contributed by atoms with Crippen LogP contribution in [-0.4, -0.2) is 10.1 Å². The fourth-order valence-electron chi connectivity index (χ4n) is 1.21. The Bertz CT molecular complexity index is 411. The molecular formula is C12H11NO2. The van der Waals surface area contributed by atoms with Crippen molar-refractivity contribution >= 4 is 0 Å². The van der Waals surface area contributed by atoms with Crippen LogP contribution in [-0.2, 0) is 6.61 Å². The first kappa shape index (κ1) is 9.68. The zero-order chi connectivity index (χ0) is 10.5. The molecule has 1 aromatic heterocycles. The summed E-state index contributed by atoms with van der Waals surface area (Å²) in [5.74, 6) is 1.44. The molecule has 0 saturated heterocycles. The normalized spacial score (nSPS) is 9.93. The lowest BCUT2D eigenvalue weighted by molar-refractivity contribution is 0.281. The van der Waals surface area contributed by atoms with Gasteiger partial charge in [-0.3, -0.25) is 4.98 Å². The van der Waals surface area contributed by atoms with Gasteiger partial charge in [0, 0.05) is 6.20 Å². The lowest BCUT2D eigenvalue weighted by Crippen LogP contribution is -1.86. The first-order valence-electron chi connectivity index (χ1n) is 4.66. The van der Waals surface area contributed by atoms with Crippen molar-refractivity contribution in [1.29, 1.82) is 0 Å². The second kappa shape index (κ2) is 4.57. The molecule has 1 N–H and O–H groups in total. The van der Waals surface area contributed by atoms with E-state index in [4.69, 9.17) is 9.84 Å². The second-order valence-electron chi connectivity index (χ2n) is 3.09. The van der Waals surface area contributed by atoms with Crippen LogP contribution in [0.15, 0.2) is 48.8 Å². The summed E-state index contributed by atoms with van der Waals surface area (Å²) in [7, 11) is 0. The first-order valence-corrected chi connectivity index (χ1v) is 4.66. The van der Waals surface area contributed by atoms with E-state index in [-0.39, 0.29) is 6.61 Å². The number of hydrogen-bond donors (Lipinski definition) is 1. The summed E-state index contributed by atoms with van der Waals surface area (Å²) in [5, 5.41) is 8.87. The Morgan fingerprint density at radius 1 is 1.07 bits per heavy atom. The molecule has 0 atom stereocenters. The molecule has 0 aliphatic carbocycles. The predicted molar refractivity (Wildman–Crippen MR) is 56.7 cm³/mol. The second-order valence-corrected chi connectivity index (χ2v) is 3.09. The molecule has 0 aliphatic rings. The van der Waals surface area contributed by atoms with Gasteiger partial charge in [-0.15, -0.1) is 0 Å². The van der Waals surface area contributed by atoms with Crippen LogP contribution < -0.4 is 4.74 Å². The summed E-state index contributed by atoms with van der Waals surface area (Å²) in [5.41, 5.74) is 0.869. The molecule has 0 aliphatic heterocycles. The van der Waals surface area contributed by atoms with Gasteiger partial charge in [-0.25, -0.2) is 0 Å². The van der Waals surface area contributed by atoms with Crippen LogP contribution in [0.2, 0.25) is 0 Å². The maximum absolute atomic E-state index is 8.87. The smallest absolute Gasteiger partial charge is 0.145 e. The molecule has 0 unspecified atom stereocenters. The molecule has 0 radical (unpaired) electrons. The van der Waals surface area contributed by atoms with Crippen molar-refractivity contribution < 1.29 is 9.84 Å². The van der Waals surface area contributed by atoms with Crippen molar-refractivity contribution in [1.82, 2.24) is 4.98 Å². The number of benzene rings is 1. The van der Waals surface area contributed by atoms with Crippen molar-refractivity contribution in [2.24, 2.45) is 0 Å². The number of aliphatic hydroxyl groups excluding tert-OH is 1. The third kappa shape index (κ3) is 2.54. The highest BCUT2D eigenvalue weighted by Gasteiger charge is 1.96. The first-order chi connectivity index (χ1) is 7.38. The SMILES string of the molecule is OCc1ccc(Oc2cccnc2)cc1. The van der Waals surface area contributed by atoms with Crippen molar-refractivity contribution in [2.75, 3.05) is 0 Å². The zero-order valence-electron chi connectivity index (χ0n) is 8.13. The fraction of sp³-hybridized carbons (Fsp3) is 0.0833. The Kier molecular flexibility index (Phi) is 2.95. The van der Waals surface area contributed by atoms with Crippen LogP contribution in [0.25, 0.3) is 0 Å². The Labute approximate surface area is 88.0 Å².